The first-order chi connectivity index (χ1) is 11.7. The van der Waals surface area contributed by atoms with Gasteiger partial charge in [0.25, 0.3) is 0 Å². The van der Waals surface area contributed by atoms with Crippen LogP contribution >= 0.6 is 11.6 Å². The SMILES string of the molecule is CCc1ccc2c(c1)[C@H]1OCC[C@H]1[C@@H](c1cc(Cl)ccc1OC)N2. The summed E-state index contributed by atoms with van der Waals surface area (Å²) in [4.78, 5) is 0. The summed E-state index contributed by atoms with van der Waals surface area (Å²) in [5.41, 5.74) is 4.90. The number of ether oxygens (including phenoxy) is 2. The van der Waals surface area contributed by atoms with E-state index in [-0.39, 0.29) is 12.1 Å². The van der Waals surface area contributed by atoms with Crippen LogP contribution < -0.4 is 10.1 Å². The molecule has 126 valence electrons. The third-order valence-corrected chi connectivity index (χ3v) is 5.47. The summed E-state index contributed by atoms with van der Waals surface area (Å²) in [6, 6.07) is 12.6. The average molecular weight is 344 g/mol. The fraction of sp³-hybridized carbons (Fsp3) is 0.400. The number of hydrogen-bond acceptors (Lipinski definition) is 3. The van der Waals surface area contributed by atoms with Crippen LogP contribution in [0.2, 0.25) is 5.02 Å². The van der Waals surface area contributed by atoms with Crippen LogP contribution in [0.5, 0.6) is 5.75 Å². The predicted octanol–water partition coefficient (Wildman–Crippen LogP) is 5.16. The number of fused-ring (bicyclic) bond motifs is 3. The first-order valence-corrected chi connectivity index (χ1v) is 8.93. The highest BCUT2D eigenvalue weighted by molar-refractivity contribution is 6.30. The minimum atomic E-state index is 0.140. The Morgan fingerprint density at radius 2 is 2.08 bits per heavy atom. The van der Waals surface area contributed by atoms with Gasteiger partial charge in [0.15, 0.2) is 0 Å². The molecule has 4 rings (SSSR count). The van der Waals surface area contributed by atoms with E-state index in [0.717, 1.165) is 41.5 Å². The topological polar surface area (TPSA) is 30.5 Å². The maximum absolute atomic E-state index is 6.26. The molecular weight excluding hydrogens is 322 g/mol. The van der Waals surface area contributed by atoms with Crippen molar-refractivity contribution in [2.24, 2.45) is 5.92 Å². The standard InChI is InChI=1S/C20H22ClNO2/c1-3-12-4-6-17-15(10-12)20-14(8-9-24-20)19(22-17)16-11-13(21)5-7-18(16)23-2/h4-7,10-11,14,19-20,22H,3,8-9H2,1-2H3/t14-,19-,20-/m0/s1. The van der Waals surface area contributed by atoms with Gasteiger partial charge < -0.3 is 14.8 Å². The molecule has 0 bridgehead atoms. The quantitative estimate of drug-likeness (QED) is 0.835. The molecule has 0 unspecified atom stereocenters. The van der Waals surface area contributed by atoms with Gasteiger partial charge in [0.1, 0.15) is 5.75 Å². The van der Waals surface area contributed by atoms with Gasteiger partial charge in [-0.25, -0.2) is 0 Å². The molecule has 2 aromatic carbocycles. The van der Waals surface area contributed by atoms with Crippen LogP contribution in [0.4, 0.5) is 5.69 Å². The third kappa shape index (κ3) is 2.56. The van der Waals surface area contributed by atoms with Crippen LogP contribution in [0.25, 0.3) is 0 Å². The highest BCUT2D eigenvalue weighted by Crippen LogP contribution is 2.51. The fourth-order valence-corrected chi connectivity index (χ4v) is 4.18. The second kappa shape index (κ2) is 6.30. The molecule has 4 heteroatoms. The molecule has 2 aliphatic heterocycles. The van der Waals surface area contributed by atoms with Gasteiger partial charge in [-0.15, -0.1) is 0 Å². The summed E-state index contributed by atoms with van der Waals surface area (Å²) in [7, 11) is 1.71. The van der Waals surface area contributed by atoms with E-state index in [1.807, 2.05) is 18.2 Å². The van der Waals surface area contributed by atoms with Crippen molar-refractivity contribution in [2.45, 2.75) is 31.9 Å². The molecule has 0 saturated carbocycles. The number of benzene rings is 2. The molecule has 0 radical (unpaired) electrons. The normalized spacial score (nSPS) is 24.9. The van der Waals surface area contributed by atoms with Crippen molar-refractivity contribution in [3.05, 3.63) is 58.1 Å². The molecule has 0 aliphatic carbocycles. The molecule has 2 aromatic rings. The highest BCUT2D eigenvalue weighted by Gasteiger charge is 2.42. The summed E-state index contributed by atoms with van der Waals surface area (Å²) in [6.45, 7) is 2.98. The molecule has 2 aliphatic rings. The maximum atomic E-state index is 6.26. The Morgan fingerprint density at radius 3 is 2.88 bits per heavy atom. The molecule has 2 heterocycles. The van der Waals surface area contributed by atoms with Crippen molar-refractivity contribution in [1.29, 1.82) is 0 Å². The first kappa shape index (κ1) is 15.8. The van der Waals surface area contributed by atoms with Crippen LogP contribution in [0.15, 0.2) is 36.4 Å². The molecule has 0 spiro atoms. The molecule has 1 saturated heterocycles. The lowest BCUT2D eigenvalue weighted by Gasteiger charge is -2.37. The van der Waals surface area contributed by atoms with Crippen LogP contribution in [0.3, 0.4) is 0 Å². The number of halogens is 1. The molecule has 0 amide bonds. The lowest BCUT2D eigenvalue weighted by atomic mass is 9.80. The fourth-order valence-electron chi connectivity index (χ4n) is 4.00. The zero-order chi connectivity index (χ0) is 16.7. The van der Waals surface area contributed by atoms with E-state index in [0.29, 0.717) is 5.92 Å². The van der Waals surface area contributed by atoms with Crippen molar-refractivity contribution >= 4 is 17.3 Å². The van der Waals surface area contributed by atoms with Crippen molar-refractivity contribution < 1.29 is 9.47 Å². The maximum Gasteiger partial charge on any atom is 0.124 e. The molecule has 3 nitrogen and oxygen atoms in total. The summed E-state index contributed by atoms with van der Waals surface area (Å²) in [6.07, 6.45) is 2.21. The lowest BCUT2D eigenvalue weighted by molar-refractivity contribution is 0.0826. The van der Waals surface area contributed by atoms with Crippen molar-refractivity contribution in [3.63, 3.8) is 0 Å². The third-order valence-electron chi connectivity index (χ3n) is 5.23. The van der Waals surface area contributed by atoms with E-state index in [1.165, 1.54) is 11.1 Å². The Hall–Kier alpha value is -1.71. The van der Waals surface area contributed by atoms with E-state index in [4.69, 9.17) is 21.1 Å². The number of aryl methyl sites for hydroxylation is 1. The number of nitrogens with one attached hydrogen (secondary N) is 1. The van der Waals surface area contributed by atoms with Crippen molar-refractivity contribution in [2.75, 3.05) is 19.0 Å². The summed E-state index contributed by atoms with van der Waals surface area (Å²) < 4.78 is 11.7. The van der Waals surface area contributed by atoms with Gasteiger partial charge in [0.05, 0.1) is 19.3 Å². The summed E-state index contributed by atoms with van der Waals surface area (Å²) >= 11 is 6.26. The average Bonchev–Trinajstić information content (AvgIpc) is 3.10. The molecular formula is C20H22ClNO2. The number of anilines is 1. The van der Waals surface area contributed by atoms with Gasteiger partial charge in [0.2, 0.25) is 0 Å². The minimum Gasteiger partial charge on any atom is -0.496 e. The molecule has 1 fully saturated rings. The number of methoxy groups -OCH3 is 1. The molecule has 3 atom stereocenters. The van der Waals surface area contributed by atoms with Gasteiger partial charge in [-0.2, -0.15) is 0 Å². The molecule has 0 aromatic heterocycles. The monoisotopic (exact) mass is 343 g/mol. The van der Waals surface area contributed by atoms with Crippen LogP contribution in [0, 0.1) is 5.92 Å². The van der Waals surface area contributed by atoms with Crippen molar-refractivity contribution in [1.82, 2.24) is 0 Å². The zero-order valence-corrected chi connectivity index (χ0v) is 14.8. The predicted molar refractivity (Wildman–Crippen MR) is 97.0 cm³/mol. The van der Waals surface area contributed by atoms with Crippen LogP contribution in [-0.4, -0.2) is 13.7 Å². The Bertz CT molecular complexity index is 761. The van der Waals surface area contributed by atoms with Gasteiger partial charge >= 0.3 is 0 Å². The Kier molecular flexibility index (Phi) is 4.15. The van der Waals surface area contributed by atoms with Crippen LogP contribution in [0.1, 0.15) is 42.2 Å². The summed E-state index contributed by atoms with van der Waals surface area (Å²) in [5.74, 6) is 1.26. The van der Waals surface area contributed by atoms with E-state index < -0.39 is 0 Å². The van der Waals surface area contributed by atoms with E-state index in [9.17, 15) is 0 Å². The largest absolute Gasteiger partial charge is 0.496 e. The van der Waals surface area contributed by atoms with Crippen LogP contribution in [-0.2, 0) is 11.2 Å². The van der Waals surface area contributed by atoms with E-state index in [2.05, 4.69) is 30.4 Å². The van der Waals surface area contributed by atoms with Gasteiger partial charge in [-0.1, -0.05) is 30.7 Å². The number of rotatable bonds is 3. The highest BCUT2D eigenvalue weighted by atomic mass is 35.5. The summed E-state index contributed by atoms with van der Waals surface area (Å²) in [5, 5.41) is 4.45. The molecule has 1 N–H and O–H groups in total. The second-order valence-electron chi connectivity index (χ2n) is 6.53. The smallest absolute Gasteiger partial charge is 0.124 e. The minimum absolute atomic E-state index is 0.140. The Morgan fingerprint density at radius 1 is 1.21 bits per heavy atom. The van der Waals surface area contributed by atoms with E-state index >= 15 is 0 Å². The van der Waals surface area contributed by atoms with Gasteiger partial charge in [-0.05, 0) is 42.7 Å². The molecule has 24 heavy (non-hydrogen) atoms. The zero-order valence-electron chi connectivity index (χ0n) is 14.0. The first-order valence-electron chi connectivity index (χ1n) is 8.55. The Labute approximate surface area is 147 Å². The van der Waals surface area contributed by atoms with Gasteiger partial charge in [-0.3, -0.25) is 0 Å². The number of hydrogen-bond donors (Lipinski definition) is 1. The lowest BCUT2D eigenvalue weighted by Crippen LogP contribution is -2.29. The van der Waals surface area contributed by atoms with E-state index in [1.54, 1.807) is 7.11 Å². The van der Waals surface area contributed by atoms with Gasteiger partial charge in [0, 0.05) is 34.4 Å². The van der Waals surface area contributed by atoms with Crippen molar-refractivity contribution in [3.8, 4) is 5.75 Å². The Balaban J connectivity index is 1.80. The second-order valence-corrected chi connectivity index (χ2v) is 6.96.